The molecule has 0 unspecified atom stereocenters. The maximum absolute atomic E-state index is 13.3. The van der Waals surface area contributed by atoms with Gasteiger partial charge in [-0.3, -0.25) is 0 Å². The fourth-order valence-electron chi connectivity index (χ4n) is 1.29. The van der Waals surface area contributed by atoms with Crippen LogP contribution in [-0.2, 0) is 5.60 Å². The molecular formula is C10H13FO3. The zero-order chi connectivity index (χ0) is 10.9. The fraction of sp³-hybridized carbons (Fsp3) is 0.400. The average molecular weight is 200 g/mol. The van der Waals surface area contributed by atoms with Gasteiger partial charge in [0.05, 0.1) is 18.3 Å². The maximum atomic E-state index is 13.3. The van der Waals surface area contributed by atoms with Crippen LogP contribution in [0, 0.1) is 5.82 Å². The highest BCUT2D eigenvalue weighted by Crippen LogP contribution is 2.37. The van der Waals surface area contributed by atoms with Gasteiger partial charge in [-0.25, -0.2) is 4.39 Å². The number of methoxy groups -OCH3 is 1. The molecule has 0 spiro atoms. The van der Waals surface area contributed by atoms with Crippen LogP contribution in [-0.4, -0.2) is 17.3 Å². The molecule has 1 aromatic rings. The molecule has 0 bridgehead atoms. The predicted octanol–water partition coefficient (Wildman–Crippen LogP) is 1.77. The van der Waals surface area contributed by atoms with Crippen molar-refractivity contribution in [1.29, 1.82) is 0 Å². The van der Waals surface area contributed by atoms with Gasteiger partial charge >= 0.3 is 0 Å². The molecule has 0 saturated heterocycles. The second kappa shape index (κ2) is 3.46. The van der Waals surface area contributed by atoms with Crippen molar-refractivity contribution in [3.8, 4) is 11.5 Å². The van der Waals surface area contributed by atoms with Crippen molar-refractivity contribution >= 4 is 0 Å². The summed E-state index contributed by atoms with van der Waals surface area (Å²) in [7, 11) is 1.36. The summed E-state index contributed by atoms with van der Waals surface area (Å²) < 4.78 is 18.1. The first-order valence-corrected chi connectivity index (χ1v) is 4.16. The van der Waals surface area contributed by atoms with Crippen LogP contribution in [0.2, 0.25) is 0 Å². The largest absolute Gasteiger partial charge is 0.504 e. The lowest BCUT2D eigenvalue weighted by Crippen LogP contribution is -2.18. The van der Waals surface area contributed by atoms with Crippen molar-refractivity contribution < 1.29 is 19.3 Å². The van der Waals surface area contributed by atoms with Gasteiger partial charge in [0.15, 0.2) is 11.5 Å². The highest BCUT2D eigenvalue weighted by Gasteiger charge is 2.26. The Kier molecular flexibility index (Phi) is 2.66. The van der Waals surface area contributed by atoms with E-state index in [0.717, 1.165) is 6.07 Å². The minimum atomic E-state index is -1.44. The van der Waals surface area contributed by atoms with Crippen molar-refractivity contribution in [3.05, 3.63) is 23.5 Å². The molecule has 0 saturated carbocycles. The van der Waals surface area contributed by atoms with Gasteiger partial charge in [-0.05, 0) is 26.0 Å². The molecule has 0 amide bonds. The van der Waals surface area contributed by atoms with Crippen LogP contribution in [0.3, 0.4) is 0 Å². The van der Waals surface area contributed by atoms with E-state index in [1.54, 1.807) is 0 Å². The molecule has 14 heavy (non-hydrogen) atoms. The first-order valence-electron chi connectivity index (χ1n) is 4.16. The summed E-state index contributed by atoms with van der Waals surface area (Å²) >= 11 is 0. The van der Waals surface area contributed by atoms with Crippen LogP contribution in [0.25, 0.3) is 0 Å². The second-order valence-electron chi connectivity index (χ2n) is 3.53. The van der Waals surface area contributed by atoms with Gasteiger partial charge in [-0.15, -0.1) is 0 Å². The van der Waals surface area contributed by atoms with Gasteiger partial charge in [0.2, 0.25) is 0 Å². The Morgan fingerprint density at radius 2 is 1.93 bits per heavy atom. The number of halogens is 1. The van der Waals surface area contributed by atoms with Gasteiger partial charge in [0, 0.05) is 0 Å². The number of hydrogen-bond acceptors (Lipinski definition) is 3. The van der Waals surface area contributed by atoms with Gasteiger partial charge in [-0.2, -0.15) is 0 Å². The van der Waals surface area contributed by atoms with E-state index in [4.69, 9.17) is 4.74 Å². The summed E-state index contributed by atoms with van der Waals surface area (Å²) in [6.45, 7) is 2.79. The minimum Gasteiger partial charge on any atom is -0.504 e. The van der Waals surface area contributed by atoms with Crippen LogP contribution in [0.1, 0.15) is 19.4 Å². The second-order valence-corrected chi connectivity index (χ2v) is 3.53. The van der Waals surface area contributed by atoms with Crippen molar-refractivity contribution in [3.63, 3.8) is 0 Å². The van der Waals surface area contributed by atoms with E-state index in [1.807, 2.05) is 0 Å². The topological polar surface area (TPSA) is 49.7 Å². The standard InChI is InChI=1S/C10H13FO3/c1-10(2,13)8-6(11)4-5-7(14-3)9(8)12/h4-5,12-13H,1-3H3. The van der Waals surface area contributed by atoms with E-state index in [2.05, 4.69) is 0 Å². The molecule has 0 fully saturated rings. The van der Waals surface area contributed by atoms with Gasteiger partial charge < -0.3 is 14.9 Å². The third kappa shape index (κ3) is 1.80. The van der Waals surface area contributed by atoms with E-state index in [9.17, 15) is 14.6 Å². The van der Waals surface area contributed by atoms with Crippen molar-refractivity contribution in [1.82, 2.24) is 0 Å². The first-order chi connectivity index (χ1) is 6.38. The van der Waals surface area contributed by atoms with Crippen LogP contribution in [0.4, 0.5) is 4.39 Å². The zero-order valence-corrected chi connectivity index (χ0v) is 8.34. The molecule has 0 atom stereocenters. The van der Waals surface area contributed by atoms with E-state index in [0.29, 0.717) is 0 Å². The molecular weight excluding hydrogens is 187 g/mol. The SMILES string of the molecule is COc1ccc(F)c(C(C)(C)O)c1O. The monoisotopic (exact) mass is 200 g/mol. The van der Waals surface area contributed by atoms with Crippen LogP contribution >= 0.6 is 0 Å². The number of phenolic OH excluding ortho intramolecular Hbond substituents is 1. The van der Waals surface area contributed by atoms with Crippen LogP contribution in [0.5, 0.6) is 11.5 Å². The number of rotatable bonds is 2. The molecule has 78 valence electrons. The predicted molar refractivity (Wildman–Crippen MR) is 49.9 cm³/mol. The molecule has 0 aliphatic heterocycles. The van der Waals surface area contributed by atoms with E-state index >= 15 is 0 Å². The number of ether oxygens (including phenoxy) is 1. The van der Waals surface area contributed by atoms with Gasteiger partial charge in [0.25, 0.3) is 0 Å². The lowest BCUT2D eigenvalue weighted by Gasteiger charge is -2.20. The molecule has 1 aromatic carbocycles. The Morgan fingerprint density at radius 3 is 2.36 bits per heavy atom. The minimum absolute atomic E-state index is 0.142. The van der Waals surface area contributed by atoms with E-state index in [-0.39, 0.29) is 17.1 Å². The molecule has 4 heteroatoms. The molecule has 0 radical (unpaired) electrons. The van der Waals surface area contributed by atoms with Crippen molar-refractivity contribution in [2.75, 3.05) is 7.11 Å². The fourth-order valence-corrected chi connectivity index (χ4v) is 1.29. The Morgan fingerprint density at radius 1 is 1.36 bits per heavy atom. The molecule has 2 N–H and O–H groups in total. The lowest BCUT2D eigenvalue weighted by atomic mass is 9.96. The normalized spacial score (nSPS) is 11.5. The third-order valence-corrected chi connectivity index (χ3v) is 1.92. The van der Waals surface area contributed by atoms with Crippen LogP contribution in [0.15, 0.2) is 12.1 Å². The summed E-state index contributed by atoms with van der Waals surface area (Å²) in [5.74, 6) is -0.876. The Bertz CT molecular complexity index is 342. The third-order valence-electron chi connectivity index (χ3n) is 1.92. The summed E-state index contributed by atoms with van der Waals surface area (Å²) in [6, 6.07) is 2.45. The molecule has 0 aromatic heterocycles. The Balaban J connectivity index is 3.40. The average Bonchev–Trinajstić information content (AvgIpc) is 2.02. The van der Waals surface area contributed by atoms with E-state index < -0.39 is 11.4 Å². The number of benzene rings is 1. The van der Waals surface area contributed by atoms with Gasteiger partial charge in [0.1, 0.15) is 5.82 Å². The zero-order valence-electron chi connectivity index (χ0n) is 8.34. The molecule has 0 heterocycles. The van der Waals surface area contributed by atoms with Crippen molar-refractivity contribution in [2.45, 2.75) is 19.4 Å². The smallest absolute Gasteiger partial charge is 0.166 e. The van der Waals surface area contributed by atoms with Crippen molar-refractivity contribution in [2.24, 2.45) is 0 Å². The number of aromatic hydroxyl groups is 1. The Hall–Kier alpha value is -1.29. The van der Waals surface area contributed by atoms with E-state index in [1.165, 1.54) is 27.0 Å². The highest BCUT2D eigenvalue weighted by molar-refractivity contribution is 5.48. The first kappa shape index (κ1) is 10.8. The quantitative estimate of drug-likeness (QED) is 0.764. The Labute approximate surface area is 81.8 Å². The summed E-state index contributed by atoms with van der Waals surface area (Å²) in [4.78, 5) is 0. The number of aliphatic hydroxyl groups is 1. The van der Waals surface area contributed by atoms with Gasteiger partial charge in [-0.1, -0.05) is 0 Å². The lowest BCUT2D eigenvalue weighted by molar-refractivity contribution is 0.0711. The number of phenols is 1. The molecule has 3 nitrogen and oxygen atoms in total. The maximum Gasteiger partial charge on any atom is 0.166 e. The summed E-state index contributed by atoms with van der Waals surface area (Å²) in [6.07, 6.45) is 0. The molecule has 1 rings (SSSR count). The highest BCUT2D eigenvalue weighted by atomic mass is 19.1. The molecule has 0 aliphatic rings. The van der Waals surface area contributed by atoms with Crippen LogP contribution < -0.4 is 4.74 Å². The summed E-state index contributed by atoms with van der Waals surface area (Å²) in [5.41, 5.74) is -1.60. The molecule has 0 aliphatic carbocycles. The number of hydrogen-bond donors (Lipinski definition) is 2. The summed E-state index contributed by atoms with van der Waals surface area (Å²) in [5, 5.41) is 19.2.